The van der Waals surface area contributed by atoms with Crippen LogP contribution in [-0.2, 0) is 16.0 Å². The van der Waals surface area contributed by atoms with Crippen molar-refractivity contribution in [2.75, 3.05) is 6.61 Å². The summed E-state index contributed by atoms with van der Waals surface area (Å²) in [6.45, 7) is 1.76. The number of rotatable bonds is 4. The summed E-state index contributed by atoms with van der Waals surface area (Å²) in [6, 6.07) is 0.702. The van der Waals surface area contributed by atoms with Gasteiger partial charge < -0.3 is 4.74 Å². The third-order valence-electron chi connectivity index (χ3n) is 1.90. The topological polar surface area (TPSA) is 39.2 Å². The third-order valence-corrected chi connectivity index (χ3v) is 2.65. The van der Waals surface area contributed by atoms with E-state index < -0.39 is 23.8 Å². The fraction of sp³-hybridized carbons (Fsp3) is 0.400. The lowest BCUT2D eigenvalue weighted by atomic mass is 10.1. The number of pyridine rings is 1. The summed E-state index contributed by atoms with van der Waals surface area (Å²) in [5, 5.41) is 0. The second-order valence-electron chi connectivity index (χ2n) is 3.08. The lowest BCUT2D eigenvalue weighted by molar-refractivity contribution is -0.142. The molecule has 1 rings (SSSR count). The van der Waals surface area contributed by atoms with Crippen LogP contribution in [0, 0.1) is 9.52 Å². The van der Waals surface area contributed by atoms with Gasteiger partial charge in [0, 0.05) is 5.56 Å². The second-order valence-corrected chi connectivity index (χ2v) is 4.10. The Kier molecular flexibility index (Phi) is 5.16. The highest BCUT2D eigenvalue weighted by molar-refractivity contribution is 14.1. The van der Waals surface area contributed by atoms with Gasteiger partial charge in [-0.25, -0.2) is 18.2 Å². The Balaban J connectivity index is 3.04. The molecule has 0 fully saturated rings. The van der Waals surface area contributed by atoms with Gasteiger partial charge in [-0.1, -0.05) is 0 Å². The zero-order valence-electron chi connectivity index (χ0n) is 8.84. The van der Waals surface area contributed by atoms with Crippen LogP contribution >= 0.6 is 22.6 Å². The van der Waals surface area contributed by atoms with Crippen molar-refractivity contribution in [3.63, 3.8) is 0 Å². The highest BCUT2D eigenvalue weighted by atomic mass is 127. The van der Waals surface area contributed by atoms with E-state index in [1.807, 2.05) is 0 Å². The molecule has 0 atom stereocenters. The standard InChI is InChI=1S/C10H9F3INO2/c1-2-17-8(16)4-7-5(9(12)13)3-6(11)10(14)15-7/h3,9H,2,4H2,1H3. The number of hydrogen-bond donors (Lipinski definition) is 0. The SMILES string of the molecule is CCOC(=O)Cc1nc(I)c(F)cc1C(F)F. The number of carbonyl (C=O) groups excluding carboxylic acids is 1. The lowest BCUT2D eigenvalue weighted by Crippen LogP contribution is -2.12. The molecule has 0 aliphatic heterocycles. The van der Waals surface area contributed by atoms with Crippen LogP contribution in [0.25, 0.3) is 0 Å². The van der Waals surface area contributed by atoms with E-state index in [2.05, 4.69) is 9.72 Å². The molecule has 1 heterocycles. The molecule has 7 heteroatoms. The summed E-state index contributed by atoms with van der Waals surface area (Å²) >= 11 is 1.58. The first-order chi connectivity index (χ1) is 7.95. The summed E-state index contributed by atoms with van der Waals surface area (Å²) < 4.78 is 42.9. The summed E-state index contributed by atoms with van der Waals surface area (Å²) in [4.78, 5) is 14.8. The van der Waals surface area contributed by atoms with E-state index >= 15 is 0 Å². The maximum absolute atomic E-state index is 13.1. The summed E-state index contributed by atoms with van der Waals surface area (Å²) in [5.41, 5.74) is -0.722. The van der Waals surface area contributed by atoms with E-state index in [9.17, 15) is 18.0 Å². The van der Waals surface area contributed by atoms with Crippen LogP contribution in [0.15, 0.2) is 6.07 Å². The zero-order chi connectivity index (χ0) is 13.0. The van der Waals surface area contributed by atoms with Crippen molar-refractivity contribution in [3.05, 3.63) is 26.8 Å². The van der Waals surface area contributed by atoms with Gasteiger partial charge in [0.2, 0.25) is 0 Å². The first-order valence-corrected chi connectivity index (χ1v) is 5.82. The molecule has 0 unspecified atom stereocenters. The maximum Gasteiger partial charge on any atom is 0.311 e. The van der Waals surface area contributed by atoms with Crippen LogP contribution < -0.4 is 0 Å². The number of alkyl halides is 2. The van der Waals surface area contributed by atoms with Gasteiger partial charge in [0.25, 0.3) is 6.43 Å². The average molecular weight is 359 g/mol. The summed E-state index contributed by atoms with van der Waals surface area (Å²) in [5.74, 6) is -1.49. The van der Waals surface area contributed by atoms with Crippen molar-refractivity contribution in [2.24, 2.45) is 0 Å². The van der Waals surface area contributed by atoms with Crippen LogP contribution in [0.5, 0.6) is 0 Å². The van der Waals surface area contributed by atoms with Gasteiger partial charge in [0.1, 0.15) is 3.70 Å². The molecule has 0 saturated carbocycles. The molecule has 0 spiro atoms. The van der Waals surface area contributed by atoms with Crippen LogP contribution in [-0.4, -0.2) is 17.6 Å². The summed E-state index contributed by atoms with van der Waals surface area (Å²) in [7, 11) is 0. The Morgan fingerprint density at radius 1 is 1.59 bits per heavy atom. The average Bonchev–Trinajstić information content (AvgIpc) is 2.23. The third kappa shape index (κ3) is 3.83. The smallest absolute Gasteiger partial charge is 0.311 e. The summed E-state index contributed by atoms with van der Waals surface area (Å²) in [6.07, 6.45) is -3.26. The van der Waals surface area contributed by atoms with E-state index in [1.54, 1.807) is 29.5 Å². The number of halogens is 4. The minimum Gasteiger partial charge on any atom is -0.466 e. The van der Waals surface area contributed by atoms with E-state index in [0.29, 0.717) is 6.07 Å². The quantitative estimate of drug-likeness (QED) is 0.472. The van der Waals surface area contributed by atoms with Crippen LogP contribution in [0.1, 0.15) is 24.6 Å². The van der Waals surface area contributed by atoms with E-state index in [-0.39, 0.29) is 22.4 Å². The van der Waals surface area contributed by atoms with Crippen LogP contribution in [0.3, 0.4) is 0 Å². The van der Waals surface area contributed by atoms with Gasteiger partial charge in [-0.3, -0.25) is 4.79 Å². The Bertz CT molecular complexity index is 426. The number of aromatic nitrogens is 1. The molecule has 0 radical (unpaired) electrons. The van der Waals surface area contributed by atoms with E-state index in [0.717, 1.165) is 0 Å². The molecule has 0 aliphatic carbocycles. The fourth-order valence-corrected chi connectivity index (χ4v) is 1.64. The Labute approximate surface area is 110 Å². The molecule has 0 saturated heterocycles. The zero-order valence-corrected chi connectivity index (χ0v) is 11.0. The number of nitrogens with zero attached hydrogens (tertiary/aromatic N) is 1. The van der Waals surface area contributed by atoms with Gasteiger partial charge in [-0.05, 0) is 35.6 Å². The molecule has 0 amide bonds. The monoisotopic (exact) mass is 359 g/mol. The van der Waals surface area contributed by atoms with Crippen LogP contribution in [0.2, 0.25) is 0 Å². The molecular weight excluding hydrogens is 350 g/mol. The minimum absolute atomic E-state index is 0.0497. The maximum atomic E-state index is 13.1. The Hall–Kier alpha value is -0.860. The number of hydrogen-bond acceptors (Lipinski definition) is 3. The van der Waals surface area contributed by atoms with Gasteiger partial charge in [0.15, 0.2) is 5.82 Å². The van der Waals surface area contributed by atoms with Gasteiger partial charge >= 0.3 is 5.97 Å². The predicted molar refractivity (Wildman–Crippen MR) is 62.2 cm³/mol. The molecule has 0 aromatic carbocycles. The van der Waals surface area contributed by atoms with Gasteiger partial charge in [-0.2, -0.15) is 0 Å². The minimum atomic E-state index is -2.88. The highest BCUT2D eigenvalue weighted by Crippen LogP contribution is 2.25. The lowest BCUT2D eigenvalue weighted by Gasteiger charge is -2.08. The van der Waals surface area contributed by atoms with Crippen LogP contribution in [0.4, 0.5) is 13.2 Å². The predicted octanol–water partition coefficient (Wildman–Crippen LogP) is 2.87. The molecular formula is C10H9F3INO2. The van der Waals surface area contributed by atoms with Crippen molar-refractivity contribution >= 4 is 28.6 Å². The highest BCUT2D eigenvalue weighted by Gasteiger charge is 2.20. The number of ether oxygens (including phenoxy) is 1. The first-order valence-electron chi connectivity index (χ1n) is 4.74. The van der Waals surface area contributed by atoms with Crippen molar-refractivity contribution < 1.29 is 22.7 Å². The fourth-order valence-electron chi connectivity index (χ4n) is 1.20. The molecule has 1 aromatic rings. The molecule has 17 heavy (non-hydrogen) atoms. The van der Waals surface area contributed by atoms with Crippen molar-refractivity contribution in [1.29, 1.82) is 0 Å². The largest absolute Gasteiger partial charge is 0.466 e. The second kappa shape index (κ2) is 6.18. The normalized spacial score (nSPS) is 10.7. The van der Waals surface area contributed by atoms with Crippen molar-refractivity contribution in [1.82, 2.24) is 4.98 Å². The van der Waals surface area contributed by atoms with E-state index in [4.69, 9.17) is 0 Å². The van der Waals surface area contributed by atoms with Gasteiger partial charge in [-0.15, -0.1) is 0 Å². The molecule has 0 bridgehead atoms. The molecule has 94 valence electrons. The Morgan fingerprint density at radius 3 is 2.76 bits per heavy atom. The number of carbonyl (C=O) groups is 1. The first kappa shape index (κ1) is 14.2. The molecule has 1 aromatic heterocycles. The molecule has 0 N–H and O–H groups in total. The number of esters is 1. The molecule has 3 nitrogen and oxygen atoms in total. The van der Waals surface area contributed by atoms with Crippen molar-refractivity contribution in [3.8, 4) is 0 Å². The van der Waals surface area contributed by atoms with Gasteiger partial charge in [0.05, 0.1) is 18.7 Å². The molecule has 0 aliphatic rings. The van der Waals surface area contributed by atoms with Crippen molar-refractivity contribution in [2.45, 2.75) is 19.8 Å². The van der Waals surface area contributed by atoms with E-state index in [1.165, 1.54) is 0 Å². The Morgan fingerprint density at radius 2 is 2.24 bits per heavy atom.